The molecule has 0 unspecified atom stereocenters. The second-order valence-corrected chi connectivity index (χ2v) is 6.87. The topological polar surface area (TPSA) is 59.8 Å². The van der Waals surface area contributed by atoms with Crippen molar-refractivity contribution in [3.8, 4) is 11.5 Å². The molecule has 2 aromatic heterocycles. The molecule has 0 radical (unpaired) electrons. The van der Waals surface area contributed by atoms with Gasteiger partial charge in [0.2, 0.25) is 0 Å². The van der Waals surface area contributed by atoms with Crippen molar-refractivity contribution < 1.29 is 13.9 Å². The van der Waals surface area contributed by atoms with Crippen LogP contribution in [-0.4, -0.2) is 24.3 Å². The molecule has 0 amide bonds. The third kappa shape index (κ3) is 3.18. The van der Waals surface area contributed by atoms with E-state index >= 15 is 0 Å². The fourth-order valence-electron chi connectivity index (χ4n) is 3.50. The Hall–Kier alpha value is -3.06. The third-order valence-electron chi connectivity index (χ3n) is 4.80. The first kappa shape index (κ1) is 18.3. The van der Waals surface area contributed by atoms with Crippen molar-refractivity contribution in [3.63, 3.8) is 0 Å². The molecule has 2 atom stereocenters. The van der Waals surface area contributed by atoms with E-state index in [0.29, 0.717) is 16.6 Å². The van der Waals surface area contributed by atoms with Crippen molar-refractivity contribution in [2.24, 2.45) is 0 Å². The van der Waals surface area contributed by atoms with Gasteiger partial charge in [-0.05, 0) is 55.5 Å². The van der Waals surface area contributed by atoms with Gasteiger partial charge < -0.3 is 24.1 Å². The van der Waals surface area contributed by atoms with Crippen LogP contribution in [0.5, 0.6) is 11.5 Å². The molecular weight excluding hydrogens is 374 g/mol. The van der Waals surface area contributed by atoms with Crippen molar-refractivity contribution in [2.45, 2.75) is 19.0 Å². The Morgan fingerprint density at radius 2 is 1.96 bits per heavy atom. The molecule has 1 N–H and O–H groups in total. The minimum absolute atomic E-state index is 0.161. The van der Waals surface area contributed by atoms with Gasteiger partial charge in [-0.1, -0.05) is 6.07 Å². The van der Waals surface area contributed by atoms with E-state index in [1.807, 2.05) is 60.4 Å². The van der Waals surface area contributed by atoms with Gasteiger partial charge in [0.05, 0.1) is 31.6 Å². The van der Waals surface area contributed by atoms with E-state index < -0.39 is 0 Å². The number of furan rings is 1. The Bertz CT molecular complexity index is 990. The summed E-state index contributed by atoms with van der Waals surface area (Å²) in [5, 5.41) is 3.99. The zero-order valence-corrected chi connectivity index (χ0v) is 16.7. The number of thiocarbonyl (C=S) groups is 1. The average molecular weight is 395 g/mol. The van der Waals surface area contributed by atoms with E-state index in [4.69, 9.17) is 26.1 Å². The van der Waals surface area contributed by atoms with E-state index in [9.17, 15) is 0 Å². The maximum atomic E-state index is 6.00. The summed E-state index contributed by atoms with van der Waals surface area (Å²) in [6.07, 6.45) is 1.78. The molecule has 28 heavy (non-hydrogen) atoms. The van der Waals surface area contributed by atoms with E-state index in [1.165, 1.54) is 0 Å². The second kappa shape index (κ2) is 7.52. The van der Waals surface area contributed by atoms with Crippen molar-refractivity contribution in [1.82, 2.24) is 10.3 Å². The number of aryl methyl sites for hydroxylation is 1. The highest BCUT2D eigenvalue weighted by molar-refractivity contribution is 7.80. The summed E-state index contributed by atoms with van der Waals surface area (Å²) in [4.78, 5) is 6.55. The van der Waals surface area contributed by atoms with E-state index in [0.717, 1.165) is 22.9 Å². The van der Waals surface area contributed by atoms with Crippen LogP contribution in [0.2, 0.25) is 0 Å². The molecule has 3 heterocycles. The first-order chi connectivity index (χ1) is 13.6. The maximum Gasteiger partial charge on any atom is 0.174 e. The number of methoxy groups -OCH3 is 2. The molecule has 0 spiro atoms. The highest BCUT2D eigenvalue weighted by atomic mass is 32.1. The lowest BCUT2D eigenvalue weighted by Gasteiger charge is -2.27. The molecule has 6 nitrogen and oxygen atoms in total. The molecule has 7 heteroatoms. The molecule has 0 bridgehead atoms. The molecule has 144 valence electrons. The number of nitrogens with one attached hydrogen (secondary N) is 1. The molecule has 1 aliphatic rings. The number of benzene rings is 1. The van der Waals surface area contributed by atoms with Crippen LogP contribution in [0.1, 0.15) is 29.3 Å². The number of pyridine rings is 1. The molecule has 1 saturated heterocycles. The van der Waals surface area contributed by atoms with Crippen LogP contribution in [0.15, 0.2) is 59.1 Å². The largest absolute Gasteiger partial charge is 0.497 e. The summed E-state index contributed by atoms with van der Waals surface area (Å²) in [6, 6.07) is 15.1. The fourth-order valence-corrected chi connectivity index (χ4v) is 3.84. The standard InChI is InChI=1S/C21H21N3O3S/c1-13-7-10-17(27-13)20-19(15-6-4-5-11-22-15)23-21(28)24(20)16-9-8-14(25-2)12-18(16)26-3/h4-12,19-20H,1-3H3,(H,23,28)/t19-,20-/m1/s1. The summed E-state index contributed by atoms with van der Waals surface area (Å²) in [7, 11) is 3.26. The highest BCUT2D eigenvalue weighted by Crippen LogP contribution is 2.45. The van der Waals surface area contributed by atoms with Crippen molar-refractivity contribution >= 4 is 23.0 Å². The average Bonchev–Trinajstić information content (AvgIpc) is 3.30. The Balaban J connectivity index is 1.84. The predicted octanol–water partition coefficient (Wildman–Crippen LogP) is 4.18. The Kier molecular flexibility index (Phi) is 4.92. The monoisotopic (exact) mass is 395 g/mol. The van der Waals surface area contributed by atoms with Crippen LogP contribution >= 0.6 is 12.2 Å². The van der Waals surface area contributed by atoms with Crippen LogP contribution in [0.3, 0.4) is 0 Å². The van der Waals surface area contributed by atoms with Gasteiger partial charge >= 0.3 is 0 Å². The minimum atomic E-state index is -0.210. The molecule has 1 fully saturated rings. The van der Waals surface area contributed by atoms with Gasteiger partial charge in [0.25, 0.3) is 0 Å². The smallest absolute Gasteiger partial charge is 0.174 e. The van der Waals surface area contributed by atoms with Crippen molar-refractivity contribution in [1.29, 1.82) is 0 Å². The SMILES string of the molecule is COc1ccc(N2C(=S)N[C@H](c3ccccn3)[C@H]2c2ccc(C)o2)c(OC)c1. The van der Waals surface area contributed by atoms with Gasteiger partial charge in [-0.3, -0.25) is 4.98 Å². The number of anilines is 1. The summed E-state index contributed by atoms with van der Waals surface area (Å²) in [6.45, 7) is 1.93. The molecule has 0 aliphatic carbocycles. The number of hydrogen-bond acceptors (Lipinski definition) is 5. The van der Waals surface area contributed by atoms with Crippen molar-refractivity contribution in [3.05, 3.63) is 71.9 Å². The van der Waals surface area contributed by atoms with E-state index in [1.54, 1.807) is 20.4 Å². The van der Waals surface area contributed by atoms with Gasteiger partial charge in [-0.25, -0.2) is 0 Å². The van der Waals surface area contributed by atoms with Gasteiger partial charge in [0, 0.05) is 12.3 Å². The fraction of sp³-hybridized carbons (Fsp3) is 0.238. The molecule has 0 saturated carbocycles. The lowest BCUT2D eigenvalue weighted by molar-refractivity contribution is 0.391. The van der Waals surface area contributed by atoms with Crippen LogP contribution in [0.4, 0.5) is 5.69 Å². The summed E-state index contributed by atoms with van der Waals surface area (Å²) < 4.78 is 17.0. The van der Waals surface area contributed by atoms with E-state index in [-0.39, 0.29) is 12.1 Å². The van der Waals surface area contributed by atoms with Crippen LogP contribution < -0.4 is 19.7 Å². The predicted molar refractivity (Wildman–Crippen MR) is 111 cm³/mol. The zero-order valence-electron chi connectivity index (χ0n) is 15.9. The Morgan fingerprint density at radius 3 is 2.61 bits per heavy atom. The van der Waals surface area contributed by atoms with Gasteiger partial charge in [0.15, 0.2) is 5.11 Å². The van der Waals surface area contributed by atoms with Crippen LogP contribution in [0.25, 0.3) is 0 Å². The normalized spacial score (nSPS) is 18.8. The first-order valence-electron chi connectivity index (χ1n) is 8.91. The van der Waals surface area contributed by atoms with Gasteiger partial charge in [0.1, 0.15) is 29.1 Å². The van der Waals surface area contributed by atoms with Crippen LogP contribution in [-0.2, 0) is 0 Å². The molecule has 1 aliphatic heterocycles. The second-order valence-electron chi connectivity index (χ2n) is 6.48. The van der Waals surface area contributed by atoms with Gasteiger partial charge in [-0.2, -0.15) is 0 Å². The summed E-state index contributed by atoms with van der Waals surface area (Å²) in [5.74, 6) is 3.02. The molecule has 4 rings (SSSR count). The number of aromatic nitrogens is 1. The zero-order chi connectivity index (χ0) is 19.7. The maximum absolute atomic E-state index is 6.00. The van der Waals surface area contributed by atoms with Gasteiger partial charge in [-0.15, -0.1) is 0 Å². The Morgan fingerprint density at radius 1 is 1.11 bits per heavy atom. The number of rotatable bonds is 5. The number of nitrogens with zero attached hydrogens (tertiary/aromatic N) is 2. The Labute approximate surface area is 169 Å². The number of ether oxygens (including phenoxy) is 2. The summed E-state index contributed by atoms with van der Waals surface area (Å²) >= 11 is 5.71. The van der Waals surface area contributed by atoms with Crippen LogP contribution in [0, 0.1) is 6.92 Å². The lowest BCUT2D eigenvalue weighted by atomic mass is 10.0. The quantitative estimate of drug-likeness (QED) is 0.651. The minimum Gasteiger partial charge on any atom is -0.497 e. The lowest BCUT2D eigenvalue weighted by Crippen LogP contribution is -2.29. The number of hydrogen-bond donors (Lipinski definition) is 1. The molecular formula is C21H21N3O3S. The van der Waals surface area contributed by atoms with Crippen molar-refractivity contribution in [2.75, 3.05) is 19.1 Å². The molecule has 1 aromatic carbocycles. The molecule has 3 aromatic rings. The third-order valence-corrected chi connectivity index (χ3v) is 5.11. The summed E-state index contributed by atoms with van der Waals surface area (Å²) in [5.41, 5.74) is 1.72. The van der Waals surface area contributed by atoms with E-state index in [2.05, 4.69) is 10.3 Å². The first-order valence-corrected chi connectivity index (χ1v) is 9.32. The highest BCUT2D eigenvalue weighted by Gasteiger charge is 2.43.